The van der Waals surface area contributed by atoms with Crippen molar-refractivity contribution in [3.63, 3.8) is 0 Å². The molecule has 23 heavy (non-hydrogen) atoms. The molecule has 2 aromatic rings. The van der Waals surface area contributed by atoms with Gasteiger partial charge in [0.25, 0.3) is 0 Å². The van der Waals surface area contributed by atoms with Gasteiger partial charge in [0.2, 0.25) is 10.0 Å². The fourth-order valence-corrected chi connectivity index (χ4v) is 4.54. The number of sulfonamides is 1. The number of nitrogens with two attached hydrogens (primary N) is 1. The zero-order valence-corrected chi connectivity index (χ0v) is 13.4. The summed E-state index contributed by atoms with van der Waals surface area (Å²) in [5.41, 5.74) is 7.78. The third kappa shape index (κ3) is 3.60. The Morgan fingerprint density at radius 3 is 2.35 bits per heavy atom. The van der Waals surface area contributed by atoms with Crippen LogP contribution in [0.3, 0.4) is 0 Å². The molecule has 0 spiro atoms. The lowest BCUT2D eigenvalue weighted by molar-refractivity contribution is 0.469. The number of rotatable bonds is 4. The van der Waals surface area contributed by atoms with Crippen LogP contribution in [-0.4, -0.2) is 31.9 Å². The third-order valence-corrected chi connectivity index (χ3v) is 6.00. The van der Waals surface area contributed by atoms with Crippen molar-refractivity contribution < 1.29 is 12.8 Å². The van der Waals surface area contributed by atoms with Crippen LogP contribution in [0.4, 0.5) is 4.39 Å². The molecular weight excluding hydrogens is 315 g/mol. The highest BCUT2D eigenvalue weighted by molar-refractivity contribution is 7.88. The Labute approximate surface area is 135 Å². The molecule has 122 valence electrons. The standard InChI is InChI=1S/C17H19FN2O2S/c18-15-8-6-13(7-9-15)12-23(21,22)20-10-16(17(19)11-20)14-4-2-1-3-5-14/h1-9,16-17H,10-12,19H2/t16-,17+/m1/s1. The van der Waals surface area contributed by atoms with E-state index in [-0.39, 0.29) is 23.5 Å². The zero-order valence-electron chi connectivity index (χ0n) is 12.6. The van der Waals surface area contributed by atoms with Crippen molar-refractivity contribution in [3.05, 3.63) is 71.5 Å². The summed E-state index contributed by atoms with van der Waals surface area (Å²) in [4.78, 5) is 0. The molecule has 0 aliphatic carbocycles. The van der Waals surface area contributed by atoms with Crippen LogP contribution >= 0.6 is 0 Å². The van der Waals surface area contributed by atoms with Gasteiger partial charge in [0, 0.05) is 25.0 Å². The highest BCUT2D eigenvalue weighted by atomic mass is 32.2. The lowest BCUT2D eigenvalue weighted by atomic mass is 9.95. The second-order valence-electron chi connectivity index (χ2n) is 5.88. The van der Waals surface area contributed by atoms with Crippen LogP contribution in [0.25, 0.3) is 0 Å². The van der Waals surface area contributed by atoms with E-state index in [1.54, 1.807) is 0 Å². The van der Waals surface area contributed by atoms with Gasteiger partial charge < -0.3 is 5.73 Å². The zero-order chi connectivity index (χ0) is 16.4. The molecule has 0 unspecified atom stereocenters. The minimum absolute atomic E-state index is 0.000747. The smallest absolute Gasteiger partial charge is 0.218 e. The molecule has 3 rings (SSSR count). The molecule has 1 fully saturated rings. The topological polar surface area (TPSA) is 63.4 Å². The van der Waals surface area contributed by atoms with Crippen LogP contribution in [0.5, 0.6) is 0 Å². The summed E-state index contributed by atoms with van der Waals surface area (Å²) in [6.07, 6.45) is 0. The van der Waals surface area contributed by atoms with E-state index in [1.165, 1.54) is 28.6 Å². The minimum atomic E-state index is -3.47. The van der Waals surface area contributed by atoms with Gasteiger partial charge in [0.15, 0.2) is 0 Å². The lowest BCUT2D eigenvalue weighted by Gasteiger charge is -2.16. The summed E-state index contributed by atoms with van der Waals surface area (Å²) in [6, 6.07) is 15.0. The first-order valence-corrected chi connectivity index (χ1v) is 9.09. The molecule has 0 bridgehead atoms. The first-order valence-electron chi connectivity index (χ1n) is 7.48. The molecular formula is C17H19FN2O2S. The predicted octanol–water partition coefficient (Wildman–Crippen LogP) is 2.08. The monoisotopic (exact) mass is 334 g/mol. The number of hydrogen-bond acceptors (Lipinski definition) is 3. The molecule has 0 amide bonds. The van der Waals surface area contributed by atoms with Crippen molar-refractivity contribution in [1.29, 1.82) is 0 Å². The number of hydrogen-bond donors (Lipinski definition) is 1. The molecule has 0 saturated carbocycles. The van der Waals surface area contributed by atoms with Crippen molar-refractivity contribution in [3.8, 4) is 0 Å². The summed E-state index contributed by atoms with van der Waals surface area (Å²) in [5.74, 6) is -0.515. The number of benzene rings is 2. The van der Waals surface area contributed by atoms with Gasteiger partial charge in [-0.25, -0.2) is 12.8 Å². The van der Waals surface area contributed by atoms with Crippen LogP contribution in [0.1, 0.15) is 17.0 Å². The molecule has 2 aromatic carbocycles. The Hall–Kier alpha value is -1.76. The molecule has 1 aliphatic heterocycles. The average Bonchev–Trinajstić information content (AvgIpc) is 2.93. The molecule has 2 atom stereocenters. The average molecular weight is 334 g/mol. The van der Waals surface area contributed by atoms with E-state index in [4.69, 9.17) is 5.73 Å². The summed E-state index contributed by atoms with van der Waals surface area (Å²) in [6.45, 7) is 0.692. The maximum absolute atomic E-state index is 12.9. The molecule has 1 aliphatic rings. The van der Waals surface area contributed by atoms with Crippen molar-refractivity contribution in [1.82, 2.24) is 4.31 Å². The largest absolute Gasteiger partial charge is 0.326 e. The quantitative estimate of drug-likeness (QED) is 0.931. The van der Waals surface area contributed by atoms with E-state index in [0.717, 1.165) is 5.56 Å². The molecule has 1 heterocycles. The maximum Gasteiger partial charge on any atom is 0.218 e. The van der Waals surface area contributed by atoms with Crippen LogP contribution in [-0.2, 0) is 15.8 Å². The SMILES string of the molecule is N[C@H]1CN(S(=O)(=O)Cc2ccc(F)cc2)C[C@@H]1c1ccccc1. The van der Waals surface area contributed by atoms with Gasteiger partial charge in [0.1, 0.15) is 5.82 Å². The van der Waals surface area contributed by atoms with Crippen LogP contribution in [0, 0.1) is 5.82 Å². The maximum atomic E-state index is 12.9. The Balaban J connectivity index is 1.75. The Kier molecular flexibility index (Phi) is 4.48. The summed E-state index contributed by atoms with van der Waals surface area (Å²) in [7, 11) is -3.47. The second kappa shape index (κ2) is 6.39. The summed E-state index contributed by atoms with van der Waals surface area (Å²) in [5, 5.41) is 0. The van der Waals surface area contributed by atoms with Gasteiger partial charge in [0.05, 0.1) is 5.75 Å². The first kappa shape index (κ1) is 16.1. The Morgan fingerprint density at radius 1 is 1.04 bits per heavy atom. The molecule has 0 radical (unpaired) electrons. The predicted molar refractivity (Wildman–Crippen MR) is 87.8 cm³/mol. The van der Waals surface area contributed by atoms with E-state index in [9.17, 15) is 12.8 Å². The van der Waals surface area contributed by atoms with Crippen molar-refractivity contribution in [2.75, 3.05) is 13.1 Å². The van der Waals surface area contributed by atoms with Gasteiger partial charge >= 0.3 is 0 Å². The normalized spacial score (nSPS) is 22.3. The number of halogens is 1. The summed E-state index contributed by atoms with van der Waals surface area (Å²) < 4.78 is 39.5. The highest BCUT2D eigenvalue weighted by Crippen LogP contribution is 2.29. The van der Waals surface area contributed by atoms with E-state index in [2.05, 4.69) is 0 Å². The van der Waals surface area contributed by atoms with E-state index < -0.39 is 10.0 Å². The molecule has 6 heteroatoms. The van der Waals surface area contributed by atoms with Gasteiger partial charge in [-0.2, -0.15) is 4.31 Å². The fraction of sp³-hybridized carbons (Fsp3) is 0.294. The van der Waals surface area contributed by atoms with Crippen LogP contribution in [0.2, 0.25) is 0 Å². The molecule has 1 saturated heterocycles. The van der Waals surface area contributed by atoms with E-state index >= 15 is 0 Å². The fourth-order valence-electron chi connectivity index (χ4n) is 2.95. The minimum Gasteiger partial charge on any atom is -0.326 e. The van der Waals surface area contributed by atoms with Crippen molar-refractivity contribution >= 4 is 10.0 Å². The van der Waals surface area contributed by atoms with Gasteiger partial charge in [-0.05, 0) is 23.3 Å². The second-order valence-corrected chi connectivity index (χ2v) is 7.85. The lowest BCUT2D eigenvalue weighted by Crippen LogP contribution is -2.33. The molecule has 4 nitrogen and oxygen atoms in total. The Morgan fingerprint density at radius 2 is 1.70 bits per heavy atom. The van der Waals surface area contributed by atoms with Crippen molar-refractivity contribution in [2.45, 2.75) is 17.7 Å². The molecule has 0 aromatic heterocycles. The first-order chi connectivity index (χ1) is 11.0. The van der Waals surface area contributed by atoms with Crippen LogP contribution < -0.4 is 5.73 Å². The highest BCUT2D eigenvalue weighted by Gasteiger charge is 2.37. The van der Waals surface area contributed by atoms with Crippen LogP contribution in [0.15, 0.2) is 54.6 Å². The number of nitrogens with zero attached hydrogens (tertiary/aromatic N) is 1. The Bertz CT molecular complexity index is 763. The molecule has 2 N–H and O–H groups in total. The van der Waals surface area contributed by atoms with E-state index in [0.29, 0.717) is 18.7 Å². The van der Waals surface area contributed by atoms with Gasteiger partial charge in [-0.15, -0.1) is 0 Å². The van der Waals surface area contributed by atoms with Gasteiger partial charge in [-0.3, -0.25) is 0 Å². The van der Waals surface area contributed by atoms with Gasteiger partial charge in [-0.1, -0.05) is 42.5 Å². The third-order valence-electron chi connectivity index (χ3n) is 4.22. The van der Waals surface area contributed by atoms with Crippen molar-refractivity contribution in [2.24, 2.45) is 5.73 Å². The summed E-state index contributed by atoms with van der Waals surface area (Å²) >= 11 is 0. The van der Waals surface area contributed by atoms with E-state index in [1.807, 2.05) is 30.3 Å².